The van der Waals surface area contributed by atoms with Gasteiger partial charge in [-0.2, -0.15) is 8.42 Å². The number of aliphatic hydroxyl groups excluding tert-OH is 7. The molecule has 8 N–H and O–H groups in total. The van der Waals surface area contributed by atoms with Gasteiger partial charge in [0.1, 0.15) is 78.0 Å². The Balaban J connectivity index is 1.00. The lowest BCUT2D eigenvalue weighted by atomic mass is 9.76. The molecule has 334 valence electrons. The van der Waals surface area contributed by atoms with Crippen LogP contribution in [0.3, 0.4) is 0 Å². The molecule has 4 unspecified atom stereocenters. The Hall–Kier alpha value is -4.57. The number of hydrogen-bond acceptors (Lipinski definition) is 15. The van der Waals surface area contributed by atoms with Crippen LogP contribution in [0.25, 0.3) is 11.1 Å². The summed E-state index contributed by atoms with van der Waals surface area (Å²) in [4.78, 5) is 15.3. The van der Waals surface area contributed by atoms with Gasteiger partial charge in [0.15, 0.2) is 6.29 Å². The van der Waals surface area contributed by atoms with Crippen molar-refractivity contribution in [1.29, 1.82) is 0 Å². The maximum absolute atomic E-state index is 13.6. The number of benzene rings is 4. The quantitative estimate of drug-likeness (QED) is 0.0627. The molecule has 0 spiro atoms. The van der Waals surface area contributed by atoms with E-state index in [2.05, 4.69) is 0 Å². The number of anilines is 1. The van der Waals surface area contributed by atoms with Crippen molar-refractivity contribution in [2.24, 2.45) is 5.92 Å². The van der Waals surface area contributed by atoms with Crippen LogP contribution >= 0.6 is 0 Å². The van der Waals surface area contributed by atoms with Crippen LogP contribution in [0, 0.1) is 11.7 Å². The molecule has 1 amide bonds. The van der Waals surface area contributed by atoms with Crippen LogP contribution in [0.15, 0.2) is 97.1 Å². The van der Waals surface area contributed by atoms with Gasteiger partial charge in [0.2, 0.25) is 5.91 Å². The lowest BCUT2D eigenvalue weighted by Crippen LogP contribution is -2.65. The van der Waals surface area contributed by atoms with Gasteiger partial charge >= 0.3 is 10.1 Å². The Labute approximate surface area is 357 Å². The van der Waals surface area contributed by atoms with Crippen LogP contribution in [0.4, 0.5) is 10.1 Å². The number of β-lactam (4-membered cyclic amide) rings is 1. The van der Waals surface area contributed by atoms with Gasteiger partial charge in [0, 0.05) is 11.3 Å². The van der Waals surface area contributed by atoms with E-state index in [9.17, 15) is 58.5 Å². The fourth-order valence-corrected chi connectivity index (χ4v) is 9.46. The Kier molecular flexibility index (Phi) is 14.0. The zero-order valence-electron chi connectivity index (χ0n) is 33.4. The van der Waals surface area contributed by atoms with Gasteiger partial charge < -0.3 is 64.1 Å². The Bertz CT molecular complexity index is 2250. The molecule has 7 rings (SSSR count). The van der Waals surface area contributed by atoms with Crippen molar-refractivity contribution in [1.82, 2.24) is 0 Å². The number of nitrogens with zero attached hydrogens (tertiary/aromatic N) is 1. The second-order valence-corrected chi connectivity index (χ2v) is 17.5. The number of phenols is 1. The number of carbonyl (C=O) groups is 1. The minimum atomic E-state index is -4.52. The second-order valence-electron chi connectivity index (χ2n) is 15.9. The summed E-state index contributed by atoms with van der Waals surface area (Å²) in [6.07, 6.45) is -15.8. The van der Waals surface area contributed by atoms with E-state index in [4.69, 9.17) is 18.4 Å². The van der Waals surface area contributed by atoms with E-state index in [0.29, 0.717) is 35.2 Å². The number of halogens is 1. The van der Waals surface area contributed by atoms with E-state index in [-0.39, 0.29) is 29.1 Å². The van der Waals surface area contributed by atoms with E-state index >= 15 is 0 Å². The molecule has 18 heteroatoms. The average molecular weight is 884 g/mol. The molecular weight excluding hydrogens is 834 g/mol. The molecule has 0 aromatic heterocycles. The highest BCUT2D eigenvalue weighted by molar-refractivity contribution is 7.87. The number of hydrogen-bond donors (Lipinski definition) is 8. The highest BCUT2D eigenvalue weighted by atomic mass is 32.2. The van der Waals surface area contributed by atoms with E-state index in [1.807, 2.05) is 37.3 Å². The molecule has 0 bridgehead atoms. The molecule has 0 radical (unpaired) electrons. The van der Waals surface area contributed by atoms with Gasteiger partial charge in [-0.05, 0) is 77.9 Å². The molecule has 3 saturated heterocycles. The van der Waals surface area contributed by atoms with Crippen LogP contribution in [0.2, 0.25) is 0 Å². The third-order valence-electron chi connectivity index (χ3n) is 11.8. The summed E-state index contributed by atoms with van der Waals surface area (Å²) in [7, 11) is -4.52. The Morgan fingerprint density at radius 3 is 2.05 bits per heavy atom. The monoisotopic (exact) mass is 883 g/mol. The molecule has 0 aliphatic carbocycles. The third-order valence-corrected chi connectivity index (χ3v) is 13.0. The lowest BCUT2D eigenvalue weighted by molar-refractivity contribution is -0.341. The van der Waals surface area contributed by atoms with Crippen LogP contribution in [0.5, 0.6) is 11.5 Å². The molecule has 4 aromatic rings. The fourth-order valence-electron chi connectivity index (χ4n) is 8.31. The molecule has 3 fully saturated rings. The van der Waals surface area contributed by atoms with Crippen LogP contribution in [-0.4, -0.2) is 135 Å². The molecular formula is C44H50FNO15S. The van der Waals surface area contributed by atoms with Gasteiger partial charge in [-0.3, -0.25) is 4.79 Å². The normalized spacial score (nSPS) is 30.7. The maximum Gasteiger partial charge on any atom is 0.311 e. The molecule has 3 heterocycles. The van der Waals surface area contributed by atoms with Gasteiger partial charge in [-0.1, -0.05) is 61.5 Å². The summed E-state index contributed by atoms with van der Waals surface area (Å²) in [6.45, 7) is 0.421. The number of aromatic hydroxyl groups is 1. The summed E-state index contributed by atoms with van der Waals surface area (Å²) >= 11 is 0. The van der Waals surface area contributed by atoms with Crippen LogP contribution in [-0.2, 0) is 29.1 Å². The molecule has 3 aliphatic rings. The predicted octanol–water partition coefficient (Wildman–Crippen LogP) is 1.86. The topological polar surface area (TPSA) is 253 Å². The summed E-state index contributed by atoms with van der Waals surface area (Å²) in [5, 5.41) is 83.2. The van der Waals surface area contributed by atoms with Crippen LogP contribution < -0.4 is 9.08 Å². The van der Waals surface area contributed by atoms with Crippen LogP contribution in [0.1, 0.15) is 42.9 Å². The first-order valence-electron chi connectivity index (χ1n) is 20.2. The summed E-state index contributed by atoms with van der Waals surface area (Å²) in [5.74, 6) is -1.87. The van der Waals surface area contributed by atoms with Gasteiger partial charge in [-0.25, -0.2) is 4.39 Å². The summed E-state index contributed by atoms with van der Waals surface area (Å²) in [6, 6.07) is 26.0. The first-order chi connectivity index (χ1) is 29.6. The van der Waals surface area contributed by atoms with Crippen molar-refractivity contribution in [3.63, 3.8) is 0 Å². The number of carbonyl (C=O) groups excluding carboxylic acids is 1. The van der Waals surface area contributed by atoms with E-state index in [1.54, 1.807) is 47.4 Å². The van der Waals surface area contributed by atoms with E-state index < -0.39 is 102 Å². The number of aliphatic hydroxyl groups is 7. The number of amides is 1. The highest BCUT2D eigenvalue weighted by Gasteiger charge is 2.52. The van der Waals surface area contributed by atoms with Crippen molar-refractivity contribution in [3.8, 4) is 22.6 Å². The van der Waals surface area contributed by atoms with Gasteiger partial charge in [-0.15, -0.1) is 0 Å². The third kappa shape index (κ3) is 9.51. The molecule has 16 nitrogen and oxygen atoms in total. The first kappa shape index (κ1) is 45.5. The molecule has 0 saturated carbocycles. The van der Waals surface area contributed by atoms with Crippen molar-refractivity contribution in [3.05, 3.63) is 114 Å². The average Bonchev–Trinajstić information content (AvgIpc) is 3.26. The van der Waals surface area contributed by atoms with Crippen molar-refractivity contribution >= 4 is 21.7 Å². The predicted molar refractivity (Wildman–Crippen MR) is 219 cm³/mol. The minimum absolute atomic E-state index is 0.0457. The second kappa shape index (κ2) is 19.0. The zero-order chi connectivity index (χ0) is 44.5. The molecule has 4 aromatic carbocycles. The number of para-hydroxylation sites is 1. The van der Waals surface area contributed by atoms with Crippen molar-refractivity contribution < 1.29 is 76.8 Å². The van der Waals surface area contributed by atoms with Crippen molar-refractivity contribution in [2.75, 3.05) is 23.9 Å². The summed E-state index contributed by atoms with van der Waals surface area (Å²) in [5.41, 5.74) is 3.38. The summed E-state index contributed by atoms with van der Waals surface area (Å²) < 4.78 is 61.6. The first-order valence-corrected chi connectivity index (χ1v) is 21.8. The standard InChI is InChI=1S/C44H50FNO15S/c1-23(24-8-13-27(45)14-9-24)7-17-31-36(46(43(31)55)28-5-3-2-4-6-28)30-18-12-26(19-32(30)49)25-10-15-29(16-11-25)61-62(56,57)22-35-38(51)40(53)42(34(21-48)58-35)60-44-41(54)39(52)37(50)33(20-47)59-44/h2-6,8-16,18-19,23,31,33-42,44,47-54H,7,17,20-22H2,1H3/t23-,31+,33?,34?,35-,36+,37+,38?,39-,40+,41?,42+,44-/m0/s1. The van der Waals surface area contributed by atoms with Gasteiger partial charge in [0.25, 0.3) is 0 Å². The fraction of sp³-hybridized carbons (Fsp3) is 0.432. The zero-order valence-corrected chi connectivity index (χ0v) is 34.3. The van der Waals surface area contributed by atoms with Gasteiger partial charge in [0.05, 0.1) is 25.2 Å². The lowest BCUT2D eigenvalue weighted by Gasteiger charge is -2.48. The SMILES string of the molecule is C[C@@H](CC[C@H]1C(=O)N(c2ccccc2)[C@@H]1c1ccc(-c2ccc(OS(=O)(=O)C[C@@H]3OC(CO)[C@@H](O[C@@H]4OC(CO)[C@@H](O)[C@H](O)C4O)[C@H](O)C3O)cc2)cc1O)c1ccc(F)cc1. The van der Waals surface area contributed by atoms with E-state index in [1.165, 1.54) is 24.3 Å². The number of phenolic OH excluding ortho intramolecular Hbond substituents is 1. The Morgan fingerprint density at radius 2 is 1.40 bits per heavy atom. The Morgan fingerprint density at radius 1 is 0.758 bits per heavy atom. The highest BCUT2D eigenvalue weighted by Crippen LogP contribution is 2.49. The molecule has 3 aliphatic heterocycles. The molecule has 62 heavy (non-hydrogen) atoms. The number of ether oxygens (including phenoxy) is 3. The smallest absolute Gasteiger partial charge is 0.311 e. The van der Waals surface area contributed by atoms with E-state index in [0.717, 1.165) is 5.56 Å². The largest absolute Gasteiger partial charge is 0.508 e. The van der Waals surface area contributed by atoms with Crippen molar-refractivity contribution in [2.45, 2.75) is 93.0 Å². The number of rotatable bonds is 15. The maximum atomic E-state index is 13.6. The molecule has 13 atom stereocenters. The minimum Gasteiger partial charge on any atom is -0.508 e.